The lowest BCUT2D eigenvalue weighted by Crippen LogP contribution is -2.26. The first-order valence-corrected chi connectivity index (χ1v) is 7.49. The summed E-state index contributed by atoms with van der Waals surface area (Å²) in [5.74, 6) is -1.10. The van der Waals surface area contributed by atoms with Crippen LogP contribution in [0.25, 0.3) is 0 Å². The maximum Gasteiger partial charge on any atom is 0.338 e. The van der Waals surface area contributed by atoms with Crippen LogP contribution in [0.15, 0.2) is 18.5 Å². The van der Waals surface area contributed by atoms with Gasteiger partial charge in [0.1, 0.15) is 0 Å². The SMILES string of the molecule is Cc1cc(C)n(CCCNC(=O)CCn2cc(C(=O)O)cn2)n1. The molecule has 0 aliphatic heterocycles. The van der Waals surface area contributed by atoms with Gasteiger partial charge in [0.15, 0.2) is 0 Å². The third-order valence-corrected chi connectivity index (χ3v) is 3.42. The van der Waals surface area contributed by atoms with Crippen LogP contribution in [-0.2, 0) is 17.9 Å². The molecule has 2 N–H and O–H groups in total. The van der Waals surface area contributed by atoms with Crippen molar-refractivity contribution in [3.63, 3.8) is 0 Å². The van der Waals surface area contributed by atoms with Gasteiger partial charge in [-0.3, -0.25) is 14.2 Å². The van der Waals surface area contributed by atoms with Crippen molar-refractivity contribution < 1.29 is 14.7 Å². The van der Waals surface area contributed by atoms with E-state index in [4.69, 9.17) is 5.11 Å². The molecule has 8 nitrogen and oxygen atoms in total. The first-order chi connectivity index (χ1) is 11.0. The highest BCUT2D eigenvalue weighted by atomic mass is 16.4. The fourth-order valence-electron chi connectivity index (χ4n) is 2.26. The molecular weight excluding hydrogens is 298 g/mol. The lowest BCUT2D eigenvalue weighted by atomic mass is 10.3. The molecule has 8 heteroatoms. The topological polar surface area (TPSA) is 102 Å². The number of hydrogen-bond donors (Lipinski definition) is 2. The molecule has 2 aromatic rings. The third kappa shape index (κ3) is 4.94. The molecular formula is C15H21N5O3. The van der Waals surface area contributed by atoms with Crippen LogP contribution in [0.4, 0.5) is 0 Å². The Labute approximate surface area is 134 Å². The number of nitrogens with one attached hydrogen (secondary N) is 1. The number of aromatic nitrogens is 4. The van der Waals surface area contributed by atoms with Crippen molar-refractivity contribution >= 4 is 11.9 Å². The van der Waals surface area contributed by atoms with Gasteiger partial charge in [-0.2, -0.15) is 10.2 Å². The number of carbonyl (C=O) groups excluding carboxylic acids is 1. The van der Waals surface area contributed by atoms with Crippen molar-refractivity contribution in [3.8, 4) is 0 Å². The number of aryl methyl sites for hydroxylation is 4. The van der Waals surface area contributed by atoms with Crippen molar-refractivity contribution in [1.82, 2.24) is 24.9 Å². The molecule has 0 aromatic carbocycles. The molecule has 2 rings (SSSR count). The van der Waals surface area contributed by atoms with Crippen LogP contribution in [0.5, 0.6) is 0 Å². The molecule has 1 amide bonds. The minimum atomic E-state index is -1.02. The summed E-state index contributed by atoms with van der Waals surface area (Å²) in [5, 5.41) is 19.9. The lowest BCUT2D eigenvalue weighted by molar-refractivity contribution is -0.121. The predicted molar refractivity (Wildman–Crippen MR) is 83.1 cm³/mol. The molecule has 0 unspecified atom stereocenters. The van der Waals surface area contributed by atoms with Gasteiger partial charge in [0.25, 0.3) is 0 Å². The van der Waals surface area contributed by atoms with Crippen molar-refractivity contribution in [2.75, 3.05) is 6.54 Å². The smallest absolute Gasteiger partial charge is 0.338 e. The highest BCUT2D eigenvalue weighted by molar-refractivity contribution is 5.86. The number of aromatic carboxylic acids is 1. The molecule has 0 bridgehead atoms. The van der Waals surface area contributed by atoms with Crippen molar-refractivity contribution in [2.24, 2.45) is 0 Å². The predicted octanol–water partition coefficient (Wildman–Crippen LogP) is 0.991. The van der Waals surface area contributed by atoms with E-state index < -0.39 is 5.97 Å². The molecule has 2 heterocycles. The number of carboxylic acid groups (broad SMARTS) is 1. The highest BCUT2D eigenvalue weighted by Crippen LogP contribution is 2.02. The molecule has 124 valence electrons. The van der Waals surface area contributed by atoms with Gasteiger partial charge in [-0.25, -0.2) is 4.79 Å². The number of rotatable bonds is 8. The number of hydrogen-bond acceptors (Lipinski definition) is 4. The second-order valence-electron chi connectivity index (χ2n) is 5.40. The van der Waals surface area contributed by atoms with Crippen LogP contribution in [-0.4, -0.2) is 43.1 Å². The molecule has 0 saturated heterocycles. The van der Waals surface area contributed by atoms with Crippen LogP contribution in [0.2, 0.25) is 0 Å². The molecule has 0 spiro atoms. The maximum absolute atomic E-state index is 11.7. The zero-order chi connectivity index (χ0) is 16.8. The molecule has 0 aliphatic rings. The Morgan fingerprint density at radius 2 is 2.09 bits per heavy atom. The van der Waals surface area contributed by atoms with Gasteiger partial charge < -0.3 is 10.4 Å². The number of carboxylic acids is 1. The molecule has 0 aliphatic carbocycles. The third-order valence-electron chi connectivity index (χ3n) is 3.42. The normalized spacial score (nSPS) is 10.7. The second-order valence-corrected chi connectivity index (χ2v) is 5.40. The Morgan fingerprint density at radius 3 is 2.70 bits per heavy atom. The van der Waals surface area contributed by atoms with E-state index in [1.165, 1.54) is 17.1 Å². The summed E-state index contributed by atoms with van der Waals surface area (Å²) in [4.78, 5) is 22.5. The average molecular weight is 319 g/mol. The van der Waals surface area contributed by atoms with Crippen molar-refractivity contribution in [1.29, 1.82) is 0 Å². The van der Waals surface area contributed by atoms with Gasteiger partial charge in [0, 0.05) is 37.9 Å². The van der Waals surface area contributed by atoms with E-state index in [-0.39, 0.29) is 17.9 Å². The Bertz CT molecular complexity index is 689. The van der Waals surface area contributed by atoms with E-state index in [0.717, 1.165) is 24.4 Å². The monoisotopic (exact) mass is 319 g/mol. The van der Waals surface area contributed by atoms with Crippen LogP contribution in [0.3, 0.4) is 0 Å². The van der Waals surface area contributed by atoms with E-state index in [2.05, 4.69) is 15.5 Å². The molecule has 0 saturated carbocycles. The van der Waals surface area contributed by atoms with Gasteiger partial charge in [0.2, 0.25) is 5.91 Å². The van der Waals surface area contributed by atoms with Gasteiger partial charge in [-0.15, -0.1) is 0 Å². The van der Waals surface area contributed by atoms with Gasteiger partial charge in [-0.1, -0.05) is 0 Å². The Hall–Kier alpha value is -2.64. The number of amides is 1. The minimum absolute atomic E-state index is 0.0780. The van der Waals surface area contributed by atoms with Gasteiger partial charge in [-0.05, 0) is 26.3 Å². The van der Waals surface area contributed by atoms with E-state index in [9.17, 15) is 9.59 Å². The summed E-state index contributed by atoms with van der Waals surface area (Å²) in [7, 11) is 0. The summed E-state index contributed by atoms with van der Waals surface area (Å²) in [6, 6.07) is 2.02. The highest BCUT2D eigenvalue weighted by Gasteiger charge is 2.07. The van der Waals surface area contributed by atoms with Crippen molar-refractivity contribution in [2.45, 2.75) is 39.8 Å². The molecule has 0 atom stereocenters. The fraction of sp³-hybridized carbons (Fsp3) is 0.467. The summed E-state index contributed by atoms with van der Waals surface area (Å²) in [5.41, 5.74) is 2.23. The Kier molecular flexibility index (Phi) is 5.51. The van der Waals surface area contributed by atoms with Crippen LogP contribution < -0.4 is 5.32 Å². The quantitative estimate of drug-likeness (QED) is 0.707. The molecule has 0 radical (unpaired) electrons. The minimum Gasteiger partial charge on any atom is -0.478 e. The first-order valence-electron chi connectivity index (χ1n) is 7.49. The molecule has 2 aromatic heterocycles. The van der Waals surface area contributed by atoms with E-state index in [0.29, 0.717) is 13.1 Å². The largest absolute Gasteiger partial charge is 0.478 e. The zero-order valence-corrected chi connectivity index (χ0v) is 13.3. The Morgan fingerprint density at radius 1 is 1.30 bits per heavy atom. The maximum atomic E-state index is 11.7. The van der Waals surface area contributed by atoms with Crippen LogP contribution in [0, 0.1) is 13.8 Å². The summed E-state index contributed by atoms with van der Waals surface area (Å²) in [6.07, 6.45) is 3.76. The standard InChI is InChI=1S/C15H21N5O3/c1-11-8-12(2)20(18-11)6-3-5-16-14(21)4-7-19-10-13(9-17-19)15(22)23/h8-10H,3-7H2,1-2H3,(H,16,21)(H,22,23). The number of carbonyl (C=O) groups is 2. The zero-order valence-electron chi connectivity index (χ0n) is 13.3. The summed E-state index contributed by atoms with van der Waals surface area (Å²) < 4.78 is 3.39. The molecule has 23 heavy (non-hydrogen) atoms. The summed E-state index contributed by atoms with van der Waals surface area (Å²) in [6.45, 7) is 5.67. The Balaban J connectivity index is 1.65. The average Bonchev–Trinajstić information content (AvgIpc) is 3.08. The van der Waals surface area contributed by atoms with Crippen LogP contribution in [0.1, 0.15) is 34.6 Å². The van der Waals surface area contributed by atoms with E-state index in [1.54, 1.807) is 0 Å². The van der Waals surface area contributed by atoms with E-state index in [1.807, 2.05) is 24.6 Å². The summed E-state index contributed by atoms with van der Waals surface area (Å²) >= 11 is 0. The lowest BCUT2D eigenvalue weighted by Gasteiger charge is -2.07. The fourth-order valence-corrected chi connectivity index (χ4v) is 2.26. The second kappa shape index (κ2) is 7.57. The first kappa shape index (κ1) is 16.7. The van der Waals surface area contributed by atoms with E-state index >= 15 is 0 Å². The van der Waals surface area contributed by atoms with Crippen LogP contribution >= 0.6 is 0 Å². The van der Waals surface area contributed by atoms with Gasteiger partial charge >= 0.3 is 5.97 Å². The van der Waals surface area contributed by atoms with Crippen molar-refractivity contribution in [3.05, 3.63) is 35.4 Å². The number of nitrogens with zero attached hydrogens (tertiary/aromatic N) is 4. The molecule has 0 fully saturated rings. The van der Waals surface area contributed by atoms with Gasteiger partial charge in [0.05, 0.1) is 17.5 Å².